The van der Waals surface area contributed by atoms with Crippen molar-refractivity contribution in [3.8, 4) is 0 Å². The molecule has 0 amide bonds. The van der Waals surface area contributed by atoms with Crippen molar-refractivity contribution in [1.29, 1.82) is 0 Å². The molecule has 3 atom stereocenters. The Balaban J connectivity index is 1.93. The van der Waals surface area contributed by atoms with Crippen LogP contribution in [-0.2, 0) is 15.5 Å². The molecule has 2 nitrogen and oxygen atoms in total. The van der Waals surface area contributed by atoms with E-state index in [0.717, 1.165) is 30.3 Å². The Labute approximate surface area is 139 Å². The van der Waals surface area contributed by atoms with Crippen LogP contribution in [-0.4, -0.2) is 36.5 Å². The Morgan fingerprint density at radius 1 is 1.45 bits per heavy atom. The Bertz CT molecular complexity index is 342. The summed E-state index contributed by atoms with van der Waals surface area (Å²) in [7, 11) is -0.652. The molecule has 0 aromatic heterocycles. The van der Waals surface area contributed by atoms with Gasteiger partial charge in [-0.25, -0.2) is 0 Å². The van der Waals surface area contributed by atoms with E-state index in [-0.39, 0.29) is 0 Å². The predicted octanol–water partition coefficient (Wildman–Crippen LogP) is 4.20. The Kier molecular flexibility index (Phi) is 7.70. The third-order valence-corrected chi connectivity index (χ3v) is 9.15. The summed E-state index contributed by atoms with van der Waals surface area (Å²) in [6, 6.07) is 0. The monoisotopic (exact) mass is 352 g/mol. The zero-order valence-corrected chi connectivity index (χ0v) is 15.3. The average Bonchev–Trinajstić information content (AvgIpc) is 2.94. The zero-order valence-electron chi connectivity index (χ0n) is 12.0. The van der Waals surface area contributed by atoms with Crippen LogP contribution in [0.3, 0.4) is 0 Å². The lowest BCUT2D eigenvalue weighted by atomic mass is 10.0. The van der Waals surface area contributed by atoms with E-state index in [0.29, 0.717) is 20.8 Å². The summed E-state index contributed by atoms with van der Waals surface area (Å²) in [5, 5.41) is 0.496. The van der Waals surface area contributed by atoms with Gasteiger partial charge in [0.05, 0.1) is 11.2 Å². The van der Waals surface area contributed by atoms with Gasteiger partial charge >= 0.3 is 0 Å². The fraction of sp³-hybridized carbons (Fsp3) is 0.929. The molecule has 0 aromatic carbocycles. The van der Waals surface area contributed by atoms with Crippen molar-refractivity contribution in [3.05, 3.63) is 0 Å². The average molecular weight is 353 g/mol. The largest absolute Gasteiger partial charge is 0.479 e. The van der Waals surface area contributed by atoms with E-state index in [2.05, 4.69) is 0 Å². The molecular weight excluding hydrogens is 328 g/mol. The number of rotatable bonds is 5. The first-order valence-corrected chi connectivity index (χ1v) is 11.2. The molecule has 0 spiro atoms. The second-order valence-electron chi connectivity index (χ2n) is 5.36. The highest BCUT2D eigenvalue weighted by atomic mass is 32.2. The van der Waals surface area contributed by atoms with Gasteiger partial charge in [0.1, 0.15) is 0 Å². The molecule has 0 bridgehead atoms. The zero-order chi connectivity index (χ0) is 14.4. The predicted molar refractivity (Wildman–Crippen MR) is 96.1 cm³/mol. The van der Waals surface area contributed by atoms with Crippen LogP contribution in [0, 0.1) is 5.92 Å². The van der Waals surface area contributed by atoms with Crippen LogP contribution >= 0.6 is 35.7 Å². The molecule has 1 saturated heterocycles. The molecule has 2 aliphatic rings. The molecule has 116 valence electrons. The van der Waals surface area contributed by atoms with E-state index in [1.54, 1.807) is 11.8 Å². The Morgan fingerprint density at radius 2 is 2.20 bits per heavy atom. The van der Waals surface area contributed by atoms with Gasteiger partial charge in [-0.05, 0) is 56.5 Å². The van der Waals surface area contributed by atoms with Crippen LogP contribution in [0.5, 0.6) is 0 Å². The molecule has 6 heteroatoms. The highest BCUT2D eigenvalue weighted by Gasteiger charge is 2.32. The summed E-state index contributed by atoms with van der Waals surface area (Å²) < 4.78 is 18.6. The van der Waals surface area contributed by atoms with Crippen LogP contribution in [0.25, 0.3) is 0 Å². The number of thiocarbonyl (C=S) groups is 1. The lowest BCUT2D eigenvalue weighted by molar-refractivity contribution is 0.345. The maximum Gasteiger partial charge on any atom is 0.220 e. The van der Waals surface area contributed by atoms with Crippen molar-refractivity contribution >= 4 is 50.9 Å². The molecule has 3 unspecified atom stereocenters. The van der Waals surface area contributed by atoms with Crippen LogP contribution in [0.1, 0.15) is 45.4 Å². The van der Waals surface area contributed by atoms with Crippen LogP contribution in [0.2, 0.25) is 0 Å². The highest BCUT2D eigenvalue weighted by molar-refractivity contribution is 8.23. The number of hydrogen-bond acceptors (Lipinski definition) is 5. The molecule has 2 fully saturated rings. The van der Waals surface area contributed by atoms with Gasteiger partial charge in [-0.3, -0.25) is 4.21 Å². The van der Waals surface area contributed by atoms with Gasteiger partial charge in [-0.2, -0.15) is 0 Å². The fourth-order valence-electron chi connectivity index (χ4n) is 2.93. The van der Waals surface area contributed by atoms with Crippen LogP contribution in [0.15, 0.2) is 0 Å². The SMILES string of the molecule is CCOC(=S)SC(CC1SCCCS1=O)C1CCCC1. The lowest BCUT2D eigenvalue weighted by Gasteiger charge is -2.28. The fourth-order valence-corrected chi connectivity index (χ4v) is 8.25. The van der Waals surface area contributed by atoms with E-state index >= 15 is 0 Å². The highest BCUT2D eigenvalue weighted by Crippen LogP contribution is 2.40. The minimum absolute atomic E-state index is 0.311. The van der Waals surface area contributed by atoms with Crippen molar-refractivity contribution in [1.82, 2.24) is 0 Å². The number of hydrogen-bond donors (Lipinski definition) is 0. The second kappa shape index (κ2) is 9.01. The molecule has 1 saturated carbocycles. The number of thioether (sulfide) groups is 2. The topological polar surface area (TPSA) is 26.3 Å². The molecule has 0 radical (unpaired) electrons. The van der Waals surface area contributed by atoms with Crippen LogP contribution < -0.4 is 0 Å². The normalized spacial score (nSPS) is 29.2. The number of ether oxygens (including phenoxy) is 1. The van der Waals surface area contributed by atoms with E-state index in [9.17, 15) is 4.21 Å². The molecule has 1 aliphatic heterocycles. The molecule has 1 aliphatic carbocycles. The van der Waals surface area contributed by atoms with Gasteiger partial charge < -0.3 is 4.74 Å². The Morgan fingerprint density at radius 3 is 2.85 bits per heavy atom. The lowest BCUT2D eigenvalue weighted by Crippen LogP contribution is -2.28. The van der Waals surface area contributed by atoms with Crippen molar-refractivity contribution in [3.63, 3.8) is 0 Å². The van der Waals surface area contributed by atoms with Gasteiger partial charge in [0.25, 0.3) is 0 Å². The molecule has 0 aromatic rings. The first-order chi connectivity index (χ1) is 9.70. The van der Waals surface area contributed by atoms with E-state index in [1.807, 2.05) is 18.7 Å². The third-order valence-electron chi connectivity index (χ3n) is 3.95. The summed E-state index contributed by atoms with van der Waals surface area (Å²) in [5.74, 6) is 2.78. The van der Waals surface area contributed by atoms with Crippen molar-refractivity contribution < 1.29 is 8.95 Å². The van der Waals surface area contributed by atoms with Crippen molar-refractivity contribution in [2.45, 2.75) is 55.3 Å². The first kappa shape index (κ1) is 17.1. The van der Waals surface area contributed by atoms with Gasteiger partial charge in [-0.1, -0.05) is 24.6 Å². The second-order valence-corrected chi connectivity index (χ2v) is 10.5. The van der Waals surface area contributed by atoms with Gasteiger partial charge in [0.15, 0.2) is 0 Å². The summed E-state index contributed by atoms with van der Waals surface area (Å²) in [4.78, 5) is 0. The van der Waals surface area contributed by atoms with E-state index < -0.39 is 10.8 Å². The Hall–Kier alpha value is 0.740. The third kappa shape index (κ3) is 5.18. The van der Waals surface area contributed by atoms with Gasteiger partial charge in [0.2, 0.25) is 4.38 Å². The maximum atomic E-state index is 12.2. The minimum atomic E-state index is -0.652. The maximum absolute atomic E-state index is 12.2. The van der Waals surface area contributed by atoms with Gasteiger partial charge in [-0.15, -0.1) is 11.8 Å². The summed E-state index contributed by atoms with van der Waals surface area (Å²) in [5.41, 5.74) is 0. The molecule has 2 rings (SSSR count). The molecule has 20 heavy (non-hydrogen) atoms. The quantitative estimate of drug-likeness (QED) is 0.691. The van der Waals surface area contributed by atoms with E-state index in [1.165, 1.54) is 25.7 Å². The summed E-state index contributed by atoms with van der Waals surface area (Å²) in [6.07, 6.45) is 7.41. The van der Waals surface area contributed by atoms with Crippen molar-refractivity contribution in [2.24, 2.45) is 5.92 Å². The van der Waals surface area contributed by atoms with Crippen molar-refractivity contribution in [2.75, 3.05) is 18.1 Å². The summed E-state index contributed by atoms with van der Waals surface area (Å²) >= 11 is 8.95. The molecule has 1 heterocycles. The molecular formula is C14H24O2S4. The molecule has 0 N–H and O–H groups in total. The minimum Gasteiger partial charge on any atom is -0.479 e. The van der Waals surface area contributed by atoms with Crippen LogP contribution in [0.4, 0.5) is 0 Å². The standard InChI is InChI=1S/C14H24O2S4/c1-2-16-14(17)19-12(11-6-3-4-7-11)10-13-18-8-5-9-20(13)15/h11-13H,2-10H2,1H3. The van der Waals surface area contributed by atoms with E-state index in [4.69, 9.17) is 17.0 Å². The smallest absolute Gasteiger partial charge is 0.220 e. The summed E-state index contributed by atoms with van der Waals surface area (Å²) in [6.45, 7) is 2.62. The van der Waals surface area contributed by atoms with Gasteiger partial charge in [0, 0.05) is 21.8 Å². The first-order valence-electron chi connectivity index (χ1n) is 7.53.